The van der Waals surface area contributed by atoms with Crippen molar-refractivity contribution >= 4 is 0 Å². The topological polar surface area (TPSA) is 664 Å². The first kappa shape index (κ1) is 73.2. The number of hydrogen-bond donors (Lipinski definition) is 26. The standard InChI is InChI=1S/C48H82O41/c49-1-9-17(57)18(58)27(67)42(76-9)84-35-11(3-51)78-44(29(69)20(35)60)86-37-13(5-53)80-46(31(71)22(37)62)88-39-15(7-55)82-48(33(73)24(39)64)89-40-16(8-56)81-47(32(72)25(40)65)87-38-14(6-54)79-45(30(70)23(38)63)85-36-12(4-52)77-43(28(68)21(36)61)83-34-10(2-50)75-41(74)26(66)19(34)59/h9-74H,1-8H2. The quantitative estimate of drug-likeness (QED) is 0.0479. The van der Waals surface area contributed by atoms with Gasteiger partial charge in [0.15, 0.2) is 50.3 Å². The molecule has 8 aliphatic rings. The summed E-state index contributed by atoms with van der Waals surface area (Å²) in [6, 6.07) is 0. The second kappa shape index (κ2) is 31.5. The summed E-state index contributed by atoms with van der Waals surface area (Å²) in [6.07, 6.45) is -78.4. The Hall–Kier alpha value is -1.64. The van der Waals surface area contributed by atoms with E-state index in [1.807, 2.05) is 0 Å². The van der Waals surface area contributed by atoms with Gasteiger partial charge < -0.3 is 204 Å². The van der Waals surface area contributed by atoms with Crippen molar-refractivity contribution in [2.45, 2.75) is 246 Å². The van der Waals surface area contributed by atoms with Crippen LogP contribution in [0.5, 0.6) is 0 Å². The van der Waals surface area contributed by atoms with Gasteiger partial charge in [-0.05, 0) is 0 Å². The smallest absolute Gasteiger partial charge is 0.187 e. The summed E-state index contributed by atoms with van der Waals surface area (Å²) in [7, 11) is 0. The molecular weight excluding hydrogens is 1230 g/mol. The van der Waals surface area contributed by atoms with E-state index >= 15 is 0 Å². The van der Waals surface area contributed by atoms with Crippen molar-refractivity contribution in [3.05, 3.63) is 0 Å². The van der Waals surface area contributed by atoms with Crippen molar-refractivity contribution in [2.24, 2.45) is 0 Å². The predicted molar refractivity (Wildman–Crippen MR) is 264 cm³/mol. The van der Waals surface area contributed by atoms with E-state index in [0.717, 1.165) is 0 Å². The molecule has 0 bridgehead atoms. The largest absolute Gasteiger partial charge is 0.394 e. The molecule has 0 aliphatic carbocycles. The van der Waals surface area contributed by atoms with Crippen LogP contribution in [-0.4, -0.2) is 431 Å². The molecule has 40 atom stereocenters. The second-order valence-electron chi connectivity index (χ2n) is 22.4. The van der Waals surface area contributed by atoms with Gasteiger partial charge in [0.2, 0.25) is 0 Å². The van der Waals surface area contributed by atoms with Gasteiger partial charge in [0, 0.05) is 0 Å². The summed E-state index contributed by atoms with van der Waals surface area (Å²) >= 11 is 0. The van der Waals surface area contributed by atoms with Crippen LogP contribution in [-0.2, 0) is 71.1 Å². The molecule has 41 heteroatoms. The second-order valence-corrected chi connectivity index (χ2v) is 22.4. The molecule has 0 saturated carbocycles. The highest BCUT2D eigenvalue weighted by molar-refractivity contribution is 5.02. The number of aliphatic hydroxyl groups excluding tert-OH is 26. The van der Waals surface area contributed by atoms with Crippen molar-refractivity contribution in [3.8, 4) is 0 Å². The van der Waals surface area contributed by atoms with Gasteiger partial charge in [0.1, 0.15) is 195 Å². The van der Waals surface area contributed by atoms with Crippen LogP contribution in [0.1, 0.15) is 0 Å². The minimum Gasteiger partial charge on any atom is -0.394 e. The van der Waals surface area contributed by atoms with E-state index in [2.05, 4.69) is 0 Å². The molecule has 0 aromatic carbocycles. The third kappa shape index (κ3) is 15.0. The third-order valence-corrected chi connectivity index (χ3v) is 16.7. The molecule has 0 spiro atoms. The van der Waals surface area contributed by atoms with Crippen LogP contribution in [0.2, 0.25) is 0 Å². The Bertz CT molecular complexity index is 2120. The van der Waals surface area contributed by atoms with Gasteiger partial charge in [-0.15, -0.1) is 0 Å². The normalized spacial score (nSPS) is 53.6. The van der Waals surface area contributed by atoms with Gasteiger partial charge in [-0.25, -0.2) is 0 Å². The fraction of sp³-hybridized carbons (Fsp3) is 1.00. The summed E-state index contributed by atoms with van der Waals surface area (Å²) in [4.78, 5) is 0. The van der Waals surface area contributed by atoms with Gasteiger partial charge in [-0.1, -0.05) is 0 Å². The molecule has 8 fully saturated rings. The molecule has 0 radical (unpaired) electrons. The molecule has 0 aromatic rings. The molecule has 89 heavy (non-hydrogen) atoms. The Kier molecular flexibility index (Phi) is 25.9. The molecule has 8 saturated heterocycles. The van der Waals surface area contributed by atoms with E-state index in [1.165, 1.54) is 0 Å². The number of ether oxygens (including phenoxy) is 15. The maximum Gasteiger partial charge on any atom is 0.187 e. The van der Waals surface area contributed by atoms with Crippen LogP contribution < -0.4 is 0 Å². The fourth-order valence-corrected chi connectivity index (χ4v) is 11.5. The maximum absolute atomic E-state index is 11.4. The lowest BCUT2D eigenvalue weighted by atomic mass is 9.95. The number of hydrogen-bond acceptors (Lipinski definition) is 41. The minimum atomic E-state index is -2.26. The molecule has 8 aliphatic heterocycles. The van der Waals surface area contributed by atoms with Crippen molar-refractivity contribution in [1.29, 1.82) is 0 Å². The summed E-state index contributed by atoms with van der Waals surface area (Å²) in [5, 5.41) is 277. The van der Waals surface area contributed by atoms with E-state index in [0.29, 0.717) is 0 Å². The van der Waals surface area contributed by atoms with Gasteiger partial charge in [-0.2, -0.15) is 0 Å². The van der Waals surface area contributed by atoms with Crippen LogP contribution >= 0.6 is 0 Å². The monoisotopic (exact) mass is 1310 g/mol. The fourth-order valence-electron chi connectivity index (χ4n) is 11.5. The van der Waals surface area contributed by atoms with Crippen molar-refractivity contribution in [3.63, 3.8) is 0 Å². The Labute approximate surface area is 501 Å². The number of rotatable bonds is 22. The first-order valence-corrected chi connectivity index (χ1v) is 28.2. The van der Waals surface area contributed by atoms with Crippen molar-refractivity contribution in [2.75, 3.05) is 52.9 Å². The molecular formula is C48H82O41. The van der Waals surface area contributed by atoms with Crippen LogP contribution in [0, 0.1) is 0 Å². The van der Waals surface area contributed by atoms with Gasteiger partial charge in [-0.3, -0.25) is 0 Å². The zero-order chi connectivity index (χ0) is 65.4. The van der Waals surface area contributed by atoms with Crippen LogP contribution in [0.25, 0.3) is 0 Å². The molecule has 40 unspecified atom stereocenters. The minimum absolute atomic E-state index is 0.854. The van der Waals surface area contributed by atoms with Gasteiger partial charge in [0.05, 0.1) is 52.9 Å². The van der Waals surface area contributed by atoms with E-state index in [4.69, 9.17) is 71.1 Å². The lowest BCUT2D eigenvalue weighted by Crippen LogP contribution is -2.68. The van der Waals surface area contributed by atoms with Crippen molar-refractivity contribution in [1.82, 2.24) is 0 Å². The van der Waals surface area contributed by atoms with E-state index in [-0.39, 0.29) is 0 Å². The average molecular weight is 1320 g/mol. The lowest BCUT2D eigenvalue weighted by Gasteiger charge is -2.50. The first-order chi connectivity index (χ1) is 42.2. The SMILES string of the molecule is OCC1OC(OC2C(CO)OC(OC3C(CO)OC(OC4C(CO)OC(OC5C(CO)OC(OC6C(CO)OC(OC7C(CO)OC(OC8C(CO)OC(O)C(O)C8O)C(O)C7O)C(O)C6O)C(O)C5O)C(O)C4O)C(O)C3O)C(O)C2O)C(O)C(O)C1O. The molecule has 520 valence electrons. The highest BCUT2D eigenvalue weighted by atomic mass is 16.8. The molecule has 8 rings (SSSR count). The highest BCUT2D eigenvalue weighted by Crippen LogP contribution is 2.39. The van der Waals surface area contributed by atoms with Gasteiger partial charge in [0.25, 0.3) is 0 Å². The van der Waals surface area contributed by atoms with Crippen LogP contribution in [0.3, 0.4) is 0 Å². The summed E-state index contributed by atoms with van der Waals surface area (Å²) < 4.78 is 83.4. The Morgan fingerprint density at radius 2 is 0.326 bits per heavy atom. The molecule has 8 heterocycles. The zero-order valence-corrected chi connectivity index (χ0v) is 46.5. The lowest BCUT2D eigenvalue weighted by molar-refractivity contribution is -0.399. The van der Waals surface area contributed by atoms with E-state index in [9.17, 15) is 133 Å². The van der Waals surface area contributed by atoms with Crippen LogP contribution in [0.15, 0.2) is 0 Å². The first-order valence-electron chi connectivity index (χ1n) is 28.2. The average Bonchev–Trinajstić information content (AvgIpc) is 2.36. The summed E-state index contributed by atoms with van der Waals surface area (Å²) in [6.45, 7) is -8.07. The van der Waals surface area contributed by atoms with E-state index in [1.54, 1.807) is 0 Å². The summed E-state index contributed by atoms with van der Waals surface area (Å²) in [5.74, 6) is 0. The summed E-state index contributed by atoms with van der Waals surface area (Å²) in [5.41, 5.74) is 0. The zero-order valence-electron chi connectivity index (χ0n) is 46.5. The van der Waals surface area contributed by atoms with E-state index < -0.39 is 299 Å². The predicted octanol–water partition coefficient (Wildman–Crippen LogP) is -18.5. The van der Waals surface area contributed by atoms with Crippen molar-refractivity contribution < 1.29 is 204 Å². The Morgan fingerprint density at radius 3 is 0.517 bits per heavy atom. The molecule has 41 nitrogen and oxygen atoms in total. The number of aliphatic hydroxyl groups is 26. The highest BCUT2D eigenvalue weighted by Gasteiger charge is 2.59. The molecule has 0 amide bonds. The molecule has 26 N–H and O–H groups in total. The molecule has 0 aromatic heterocycles. The van der Waals surface area contributed by atoms with Gasteiger partial charge >= 0.3 is 0 Å². The maximum atomic E-state index is 11.4. The Balaban J connectivity index is 0.850. The third-order valence-electron chi connectivity index (χ3n) is 16.7. The van der Waals surface area contributed by atoms with Crippen LogP contribution in [0.4, 0.5) is 0 Å². The Morgan fingerprint density at radius 1 is 0.169 bits per heavy atom.